The van der Waals surface area contributed by atoms with Gasteiger partial charge in [0, 0.05) is 25.7 Å². The summed E-state index contributed by atoms with van der Waals surface area (Å²) in [5.74, 6) is 0.976. The minimum Gasteiger partial charge on any atom is -0.508 e. The molecule has 0 aromatic heterocycles. The van der Waals surface area contributed by atoms with Crippen LogP contribution in [0.4, 0.5) is 11.4 Å². The van der Waals surface area contributed by atoms with Crippen LogP contribution in [0.25, 0.3) is 0 Å². The van der Waals surface area contributed by atoms with E-state index in [1.54, 1.807) is 6.07 Å². The van der Waals surface area contributed by atoms with E-state index in [2.05, 4.69) is 24.1 Å². The predicted octanol–water partition coefficient (Wildman–Crippen LogP) is 2.28. The molecule has 0 amide bonds. The number of phenols is 1. The van der Waals surface area contributed by atoms with Gasteiger partial charge in [-0.25, -0.2) is 0 Å². The average molecular weight is 206 g/mol. The first-order valence-corrected chi connectivity index (χ1v) is 5.48. The lowest BCUT2D eigenvalue weighted by atomic mass is 10.1. The number of benzene rings is 1. The van der Waals surface area contributed by atoms with Crippen LogP contribution in [0.3, 0.4) is 0 Å². The zero-order valence-electron chi connectivity index (χ0n) is 9.33. The molecular formula is C12H18N2O. The molecule has 1 aromatic rings. The summed E-state index contributed by atoms with van der Waals surface area (Å²) < 4.78 is 0. The number of hydrogen-bond acceptors (Lipinski definition) is 3. The number of aromatic hydroxyl groups is 1. The summed E-state index contributed by atoms with van der Waals surface area (Å²) in [6, 6.07) is 5.51. The number of rotatable bonds is 2. The molecule has 82 valence electrons. The van der Waals surface area contributed by atoms with Crippen LogP contribution in [0.5, 0.6) is 5.75 Å². The van der Waals surface area contributed by atoms with Crippen molar-refractivity contribution in [3.8, 4) is 5.75 Å². The highest BCUT2D eigenvalue weighted by molar-refractivity contribution is 5.73. The van der Waals surface area contributed by atoms with Gasteiger partial charge < -0.3 is 15.3 Å². The molecule has 0 saturated carbocycles. The summed E-state index contributed by atoms with van der Waals surface area (Å²) in [6.07, 6.45) is 0. The number of hydrogen-bond donors (Lipinski definition) is 2. The lowest BCUT2D eigenvalue weighted by molar-refractivity contribution is 0.475. The molecule has 0 saturated heterocycles. The Bertz CT molecular complexity index is 349. The van der Waals surface area contributed by atoms with Crippen molar-refractivity contribution in [2.75, 3.05) is 29.9 Å². The van der Waals surface area contributed by atoms with E-state index in [0.717, 1.165) is 31.0 Å². The fraction of sp³-hybridized carbons (Fsp3) is 0.500. The third-order valence-electron chi connectivity index (χ3n) is 2.60. The monoisotopic (exact) mass is 206 g/mol. The van der Waals surface area contributed by atoms with Gasteiger partial charge in [0.05, 0.1) is 11.4 Å². The predicted molar refractivity (Wildman–Crippen MR) is 63.6 cm³/mol. The fourth-order valence-electron chi connectivity index (χ4n) is 2.01. The maximum Gasteiger partial charge on any atom is 0.117 e. The molecular weight excluding hydrogens is 188 g/mol. The van der Waals surface area contributed by atoms with Gasteiger partial charge in [-0.05, 0) is 18.1 Å². The van der Waals surface area contributed by atoms with Gasteiger partial charge in [-0.15, -0.1) is 0 Å². The smallest absolute Gasteiger partial charge is 0.117 e. The molecule has 0 unspecified atom stereocenters. The van der Waals surface area contributed by atoms with Gasteiger partial charge in [-0.3, -0.25) is 0 Å². The Morgan fingerprint density at radius 2 is 2.27 bits per heavy atom. The Kier molecular flexibility index (Phi) is 2.71. The van der Waals surface area contributed by atoms with Gasteiger partial charge in [0.25, 0.3) is 0 Å². The number of nitrogens with zero attached hydrogens (tertiary/aromatic N) is 1. The van der Waals surface area contributed by atoms with Crippen LogP contribution in [0.15, 0.2) is 18.2 Å². The van der Waals surface area contributed by atoms with Crippen molar-refractivity contribution in [1.82, 2.24) is 0 Å². The standard InChI is InChI=1S/C12H18N2O/c1-9(2)8-14-6-5-13-11-4-3-10(15)7-12(11)14/h3-4,7,9,13,15H,5-6,8H2,1-2H3. The second kappa shape index (κ2) is 4.01. The molecule has 0 radical (unpaired) electrons. The summed E-state index contributed by atoms with van der Waals surface area (Å²) in [6.45, 7) is 7.45. The Balaban J connectivity index is 2.28. The van der Waals surface area contributed by atoms with Gasteiger partial charge in [-0.2, -0.15) is 0 Å². The Morgan fingerprint density at radius 3 is 3.00 bits per heavy atom. The summed E-state index contributed by atoms with van der Waals surface area (Å²) >= 11 is 0. The average Bonchev–Trinajstić information content (AvgIpc) is 2.18. The van der Waals surface area contributed by atoms with Crippen LogP contribution >= 0.6 is 0 Å². The van der Waals surface area contributed by atoms with Crippen LogP contribution < -0.4 is 10.2 Å². The second-order valence-corrected chi connectivity index (χ2v) is 4.47. The summed E-state index contributed by atoms with van der Waals surface area (Å²) in [7, 11) is 0. The maximum absolute atomic E-state index is 9.49. The zero-order valence-corrected chi connectivity index (χ0v) is 9.33. The van der Waals surface area contributed by atoms with E-state index in [1.807, 2.05) is 12.1 Å². The van der Waals surface area contributed by atoms with Gasteiger partial charge in [0.1, 0.15) is 5.75 Å². The van der Waals surface area contributed by atoms with E-state index in [4.69, 9.17) is 0 Å². The molecule has 0 bridgehead atoms. The maximum atomic E-state index is 9.49. The number of phenolic OH excluding ortho intramolecular Hbond substituents is 1. The van der Waals surface area contributed by atoms with Crippen LogP contribution in [-0.4, -0.2) is 24.7 Å². The summed E-state index contributed by atoms with van der Waals surface area (Å²) in [4.78, 5) is 2.33. The SMILES string of the molecule is CC(C)CN1CCNc2ccc(O)cc21. The Morgan fingerprint density at radius 1 is 1.47 bits per heavy atom. The molecule has 1 heterocycles. The molecule has 3 nitrogen and oxygen atoms in total. The minimum absolute atomic E-state index is 0.339. The molecule has 1 aromatic carbocycles. The van der Waals surface area contributed by atoms with Gasteiger partial charge >= 0.3 is 0 Å². The van der Waals surface area contributed by atoms with Gasteiger partial charge in [0.2, 0.25) is 0 Å². The van der Waals surface area contributed by atoms with E-state index < -0.39 is 0 Å². The Hall–Kier alpha value is -1.38. The third kappa shape index (κ3) is 2.17. The molecule has 1 aliphatic heterocycles. The first-order valence-electron chi connectivity index (χ1n) is 5.48. The lowest BCUT2D eigenvalue weighted by Gasteiger charge is -2.33. The highest BCUT2D eigenvalue weighted by atomic mass is 16.3. The Labute approximate surface area is 90.7 Å². The van der Waals surface area contributed by atoms with Crippen molar-refractivity contribution in [2.24, 2.45) is 5.92 Å². The molecule has 0 fully saturated rings. The molecule has 15 heavy (non-hydrogen) atoms. The summed E-state index contributed by atoms with van der Waals surface area (Å²) in [5.41, 5.74) is 2.25. The highest BCUT2D eigenvalue weighted by Crippen LogP contribution is 2.32. The van der Waals surface area contributed by atoms with Crippen molar-refractivity contribution in [2.45, 2.75) is 13.8 Å². The number of fused-ring (bicyclic) bond motifs is 1. The second-order valence-electron chi connectivity index (χ2n) is 4.47. The highest BCUT2D eigenvalue weighted by Gasteiger charge is 2.17. The fourth-order valence-corrected chi connectivity index (χ4v) is 2.01. The molecule has 1 aliphatic rings. The first kappa shape index (κ1) is 10.1. The van der Waals surface area contributed by atoms with E-state index >= 15 is 0 Å². The molecule has 2 rings (SSSR count). The molecule has 0 atom stereocenters. The minimum atomic E-state index is 0.339. The van der Waals surface area contributed by atoms with Crippen molar-refractivity contribution >= 4 is 11.4 Å². The third-order valence-corrected chi connectivity index (χ3v) is 2.60. The van der Waals surface area contributed by atoms with Gasteiger partial charge in [0.15, 0.2) is 0 Å². The largest absolute Gasteiger partial charge is 0.508 e. The van der Waals surface area contributed by atoms with Crippen molar-refractivity contribution < 1.29 is 5.11 Å². The van der Waals surface area contributed by atoms with E-state index in [1.165, 1.54) is 0 Å². The lowest BCUT2D eigenvalue weighted by Crippen LogP contribution is -2.36. The quantitative estimate of drug-likeness (QED) is 0.729. The first-order chi connectivity index (χ1) is 7.16. The van der Waals surface area contributed by atoms with Crippen LogP contribution in [0, 0.1) is 5.92 Å². The molecule has 0 spiro atoms. The van der Waals surface area contributed by atoms with E-state index in [-0.39, 0.29) is 0 Å². The van der Waals surface area contributed by atoms with E-state index in [9.17, 15) is 5.11 Å². The van der Waals surface area contributed by atoms with E-state index in [0.29, 0.717) is 11.7 Å². The van der Waals surface area contributed by atoms with Crippen LogP contribution in [0.1, 0.15) is 13.8 Å². The van der Waals surface area contributed by atoms with Crippen LogP contribution in [0.2, 0.25) is 0 Å². The van der Waals surface area contributed by atoms with Crippen molar-refractivity contribution in [3.63, 3.8) is 0 Å². The summed E-state index contributed by atoms with van der Waals surface area (Å²) in [5, 5.41) is 12.8. The van der Waals surface area contributed by atoms with Crippen molar-refractivity contribution in [1.29, 1.82) is 0 Å². The molecule has 0 aliphatic carbocycles. The number of anilines is 2. The topological polar surface area (TPSA) is 35.5 Å². The van der Waals surface area contributed by atoms with Gasteiger partial charge in [-0.1, -0.05) is 13.8 Å². The molecule has 3 heteroatoms. The van der Waals surface area contributed by atoms with Crippen molar-refractivity contribution in [3.05, 3.63) is 18.2 Å². The molecule has 2 N–H and O–H groups in total. The number of nitrogens with one attached hydrogen (secondary N) is 1. The van der Waals surface area contributed by atoms with Crippen LogP contribution in [-0.2, 0) is 0 Å². The normalized spacial score (nSPS) is 15.0. The zero-order chi connectivity index (χ0) is 10.8.